The topological polar surface area (TPSA) is 58.1 Å². The summed E-state index contributed by atoms with van der Waals surface area (Å²) in [7, 11) is 1.77. The molecule has 0 aliphatic carbocycles. The number of nitrogens with zero attached hydrogens (tertiary/aromatic N) is 2. The van der Waals surface area contributed by atoms with Crippen molar-refractivity contribution in [1.29, 1.82) is 0 Å². The maximum absolute atomic E-state index is 5.63. The minimum Gasteiger partial charge on any atom is -0.381 e. The first-order valence-corrected chi connectivity index (χ1v) is 10.3. The van der Waals surface area contributed by atoms with Crippen LogP contribution in [0.15, 0.2) is 4.99 Å². The van der Waals surface area contributed by atoms with Crippen LogP contribution in [0.4, 0.5) is 0 Å². The molecule has 2 saturated heterocycles. The number of methoxy groups -OCH3 is 1. The second-order valence-electron chi connectivity index (χ2n) is 8.76. The van der Waals surface area contributed by atoms with E-state index in [0.29, 0.717) is 12.6 Å². The van der Waals surface area contributed by atoms with Gasteiger partial charge in [0.25, 0.3) is 0 Å². The fourth-order valence-corrected chi connectivity index (χ4v) is 3.74. The molecule has 152 valence electrons. The number of likely N-dealkylation sites (tertiary alicyclic amines) is 1. The molecule has 2 fully saturated rings. The Morgan fingerprint density at radius 2 is 2.00 bits per heavy atom. The molecular weight excluding hydrogens is 328 g/mol. The van der Waals surface area contributed by atoms with Crippen molar-refractivity contribution in [3.63, 3.8) is 0 Å². The van der Waals surface area contributed by atoms with Crippen molar-refractivity contribution in [2.75, 3.05) is 53.0 Å². The summed E-state index contributed by atoms with van der Waals surface area (Å²) in [4.78, 5) is 7.39. The van der Waals surface area contributed by atoms with Gasteiger partial charge in [-0.1, -0.05) is 20.8 Å². The highest BCUT2D eigenvalue weighted by Gasteiger charge is 2.26. The number of guanidine groups is 1. The second kappa shape index (κ2) is 10.5. The lowest BCUT2D eigenvalue weighted by atomic mass is 9.89. The fraction of sp³-hybridized carbons (Fsp3) is 0.950. The van der Waals surface area contributed by atoms with E-state index in [-0.39, 0.29) is 11.5 Å². The van der Waals surface area contributed by atoms with Gasteiger partial charge in [0, 0.05) is 45.9 Å². The van der Waals surface area contributed by atoms with E-state index in [1.807, 2.05) is 0 Å². The van der Waals surface area contributed by atoms with Gasteiger partial charge < -0.3 is 25.0 Å². The van der Waals surface area contributed by atoms with Crippen LogP contribution in [0.2, 0.25) is 0 Å². The molecule has 2 aliphatic rings. The van der Waals surface area contributed by atoms with E-state index in [4.69, 9.17) is 14.5 Å². The zero-order valence-electron chi connectivity index (χ0n) is 17.5. The highest BCUT2D eigenvalue weighted by molar-refractivity contribution is 5.80. The molecule has 0 spiro atoms. The molecule has 0 saturated carbocycles. The summed E-state index contributed by atoms with van der Waals surface area (Å²) >= 11 is 0. The van der Waals surface area contributed by atoms with Gasteiger partial charge in [0.05, 0.1) is 19.3 Å². The van der Waals surface area contributed by atoms with Crippen LogP contribution in [-0.2, 0) is 9.47 Å². The van der Waals surface area contributed by atoms with E-state index < -0.39 is 0 Å². The summed E-state index contributed by atoms with van der Waals surface area (Å²) in [6.07, 6.45) is 3.69. The fourth-order valence-electron chi connectivity index (χ4n) is 3.74. The van der Waals surface area contributed by atoms with E-state index in [0.717, 1.165) is 44.7 Å². The molecule has 2 atom stereocenters. The van der Waals surface area contributed by atoms with Crippen molar-refractivity contribution in [3.05, 3.63) is 0 Å². The number of aliphatic imine (C=N–C) groups is 1. The Hall–Kier alpha value is -0.850. The minimum absolute atomic E-state index is 0.0882. The van der Waals surface area contributed by atoms with Gasteiger partial charge in [0.1, 0.15) is 0 Å². The monoisotopic (exact) mass is 368 g/mol. The summed E-state index contributed by atoms with van der Waals surface area (Å²) in [5, 5.41) is 7.02. The smallest absolute Gasteiger partial charge is 0.191 e. The quantitative estimate of drug-likeness (QED) is 0.532. The lowest BCUT2D eigenvalue weighted by Gasteiger charge is -2.34. The normalized spacial score (nSPS) is 24.7. The van der Waals surface area contributed by atoms with Crippen LogP contribution >= 0.6 is 0 Å². The Morgan fingerprint density at radius 3 is 2.54 bits per heavy atom. The van der Waals surface area contributed by atoms with Crippen LogP contribution in [-0.4, -0.2) is 76.1 Å². The summed E-state index contributed by atoms with van der Waals surface area (Å²) in [6.45, 7) is 15.7. The maximum atomic E-state index is 5.63. The molecule has 2 rings (SSSR count). The zero-order valence-corrected chi connectivity index (χ0v) is 17.5. The molecule has 0 aromatic carbocycles. The molecule has 2 N–H and O–H groups in total. The molecule has 0 bridgehead atoms. The molecule has 26 heavy (non-hydrogen) atoms. The van der Waals surface area contributed by atoms with Gasteiger partial charge >= 0.3 is 0 Å². The van der Waals surface area contributed by atoms with Crippen LogP contribution in [0, 0.1) is 11.3 Å². The number of rotatable bonds is 7. The first kappa shape index (κ1) is 21.5. The Balaban J connectivity index is 1.79. The predicted molar refractivity (Wildman–Crippen MR) is 108 cm³/mol. The number of ether oxygens (including phenoxy) is 2. The number of hydrogen-bond donors (Lipinski definition) is 2. The molecular formula is C20H40N4O2. The van der Waals surface area contributed by atoms with Gasteiger partial charge in [-0.05, 0) is 37.5 Å². The molecule has 6 heteroatoms. The predicted octanol–water partition coefficient (Wildman–Crippen LogP) is 2.10. The second-order valence-corrected chi connectivity index (χ2v) is 8.76. The van der Waals surface area contributed by atoms with Crippen molar-refractivity contribution in [3.8, 4) is 0 Å². The first-order chi connectivity index (χ1) is 12.4. The summed E-state index contributed by atoms with van der Waals surface area (Å²) in [5.41, 5.74) is 0.0882. The lowest BCUT2D eigenvalue weighted by Crippen LogP contribution is -2.49. The van der Waals surface area contributed by atoms with Crippen LogP contribution in [0.25, 0.3) is 0 Å². The van der Waals surface area contributed by atoms with E-state index in [1.54, 1.807) is 7.11 Å². The van der Waals surface area contributed by atoms with Crippen LogP contribution < -0.4 is 10.6 Å². The molecule has 0 amide bonds. The molecule has 6 nitrogen and oxygen atoms in total. The standard InChI is InChI=1S/C20H40N4O2/c1-6-21-19(22-13-18(25-5)20(2,3)4)23-17-7-10-24(11-8-17)14-16-9-12-26-15-16/h16-18H,6-15H2,1-5H3,(H2,21,22,23). The molecule has 2 unspecified atom stereocenters. The molecule has 0 aromatic rings. The minimum atomic E-state index is 0.0882. The Bertz CT molecular complexity index is 422. The van der Waals surface area contributed by atoms with Crippen molar-refractivity contribution >= 4 is 5.96 Å². The highest BCUT2D eigenvalue weighted by atomic mass is 16.5. The Morgan fingerprint density at radius 1 is 1.27 bits per heavy atom. The van der Waals surface area contributed by atoms with Gasteiger partial charge in [-0.15, -0.1) is 0 Å². The van der Waals surface area contributed by atoms with Crippen molar-refractivity contribution < 1.29 is 9.47 Å². The van der Waals surface area contributed by atoms with E-state index >= 15 is 0 Å². The average Bonchev–Trinajstić information content (AvgIpc) is 3.09. The first-order valence-electron chi connectivity index (χ1n) is 10.3. The Labute approximate surface area is 160 Å². The summed E-state index contributed by atoms with van der Waals surface area (Å²) in [5.74, 6) is 1.66. The molecule has 2 heterocycles. The van der Waals surface area contributed by atoms with E-state index in [1.165, 1.54) is 25.8 Å². The van der Waals surface area contributed by atoms with Crippen LogP contribution in [0.5, 0.6) is 0 Å². The number of nitrogens with one attached hydrogen (secondary N) is 2. The van der Waals surface area contributed by atoms with Crippen molar-refractivity contribution in [1.82, 2.24) is 15.5 Å². The van der Waals surface area contributed by atoms with Gasteiger partial charge in [-0.2, -0.15) is 0 Å². The van der Waals surface area contributed by atoms with Crippen LogP contribution in [0.1, 0.15) is 47.0 Å². The van der Waals surface area contributed by atoms with E-state index in [2.05, 4.69) is 43.2 Å². The van der Waals surface area contributed by atoms with Crippen LogP contribution in [0.3, 0.4) is 0 Å². The summed E-state index contributed by atoms with van der Waals surface area (Å²) in [6, 6.07) is 0.500. The van der Waals surface area contributed by atoms with Gasteiger partial charge in [-0.3, -0.25) is 4.99 Å². The summed E-state index contributed by atoms with van der Waals surface area (Å²) < 4.78 is 11.1. The van der Waals surface area contributed by atoms with Gasteiger partial charge in [-0.25, -0.2) is 0 Å². The van der Waals surface area contributed by atoms with Crippen molar-refractivity contribution in [2.24, 2.45) is 16.3 Å². The number of piperidine rings is 1. The van der Waals surface area contributed by atoms with E-state index in [9.17, 15) is 0 Å². The molecule has 0 radical (unpaired) electrons. The zero-order chi connectivity index (χ0) is 19.0. The van der Waals surface area contributed by atoms with Gasteiger partial charge in [0.2, 0.25) is 0 Å². The molecule has 0 aromatic heterocycles. The number of hydrogen-bond acceptors (Lipinski definition) is 4. The largest absolute Gasteiger partial charge is 0.381 e. The third kappa shape index (κ3) is 7.05. The highest BCUT2D eigenvalue weighted by Crippen LogP contribution is 2.22. The Kier molecular flexibility index (Phi) is 8.64. The SMILES string of the molecule is CCNC(=NCC(OC)C(C)(C)C)NC1CCN(CC2CCOC2)CC1. The van der Waals surface area contributed by atoms with Crippen molar-refractivity contribution in [2.45, 2.75) is 59.1 Å². The maximum Gasteiger partial charge on any atom is 0.191 e. The molecule has 2 aliphatic heterocycles. The van der Waals surface area contributed by atoms with Gasteiger partial charge in [0.15, 0.2) is 5.96 Å². The third-order valence-electron chi connectivity index (χ3n) is 5.48. The average molecular weight is 369 g/mol. The third-order valence-corrected chi connectivity index (χ3v) is 5.48. The lowest BCUT2D eigenvalue weighted by molar-refractivity contribution is 0.0241.